The van der Waals surface area contributed by atoms with Crippen LogP contribution in [0.5, 0.6) is 0 Å². The quantitative estimate of drug-likeness (QED) is 0.617. The molecule has 0 radical (unpaired) electrons. The van der Waals surface area contributed by atoms with Crippen molar-refractivity contribution < 1.29 is 19.7 Å². The van der Waals surface area contributed by atoms with E-state index >= 15 is 0 Å². The van der Waals surface area contributed by atoms with Crippen molar-refractivity contribution in [2.75, 3.05) is 6.61 Å². The van der Waals surface area contributed by atoms with Gasteiger partial charge in [-0.3, -0.25) is 4.79 Å². The minimum atomic E-state index is -0.247. The zero-order valence-corrected chi connectivity index (χ0v) is 19.6. The molecule has 4 aliphatic rings. The lowest BCUT2D eigenvalue weighted by atomic mass is 9.43. The number of aliphatic hydroxyl groups is 2. The molecule has 2 N–H and O–H groups in total. The predicted molar refractivity (Wildman–Crippen MR) is 118 cm³/mol. The van der Waals surface area contributed by atoms with Gasteiger partial charge < -0.3 is 14.9 Å². The van der Waals surface area contributed by atoms with Crippen LogP contribution in [0.1, 0.15) is 91.9 Å². The van der Waals surface area contributed by atoms with Crippen LogP contribution in [0.3, 0.4) is 0 Å². The topological polar surface area (TPSA) is 66.8 Å². The summed E-state index contributed by atoms with van der Waals surface area (Å²) in [7, 11) is 0. The van der Waals surface area contributed by atoms with Crippen molar-refractivity contribution in [2.24, 2.45) is 46.3 Å². The van der Waals surface area contributed by atoms with E-state index in [0.717, 1.165) is 38.0 Å². The third-order valence-electron chi connectivity index (χ3n) is 10.6. The minimum absolute atomic E-state index is 0.0212. The van der Waals surface area contributed by atoms with Gasteiger partial charge in [0, 0.05) is 6.42 Å². The Hall–Kier alpha value is -0.610. The number of hydrogen-bond donors (Lipinski definition) is 2. The number of hydrogen-bond acceptors (Lipinski definition) is 4. The van der Waals surface area contributed by atoms with Crippen molar-refractivity contribution in [1.29, 1.82) is 0 Å². The van der Waals surface area contributed by atoms with Crippen LogP contribution in [0.15, 0.2) is 0 Å². The Morgan fingerprint density at radius 3 is 2.57 bits per heavy atom. The van der Waals surface area contributed by atoms with Gasteiger partial charge in [0.25, 0.3) is 0 Å². The van der Waals surface area contributed by atoms with Gasteiger partial charge in [-0.2, -0.15) is 0 Å². The third kappa shape index (κ3) is 3.54. The number of carbonyl (C=O) groups excluding carboxylic acids is 1. The lowest BCUT2D eigenvalue weighted by Crippen LogP contribution is -2.58. The van der Waals surface area contributed by atoms with Crippen LogP contribution in [-0.2, 0) is 9.53 Å². The summed E-state index contributed by atoms with van der Waals surface area (Å²) in [5, 5.41) is 21.8. The SMILES string of the molecule is CCOC(=O)CC[C@@H](C)[C@H]1CCC2C3CCC4C[C@H](O)CC[C@]4(C)C3C[C@H](O)[C@@]21C. The van der Waals surface area contributed by atoms with Crippen LogP contribution >= 0.6 is 0 Å². The molecule has 4 fully saturated rings. The maximum Gasteiger partial charge on any atom is 0.305 e. The molecule has 0 saturated heterocycles. The highest BCUT2D eigenvalue weighted by Gasteiger charge is 2.63. The average Bonchev–Trinajstić information content (AvgIpc) is 3.07. The third-order valence-corrected chi connectivity index (χ3v) is 10.6. The van der Waals surface area contributed by atoms with Crippen molar-refractivity contribution in [1.82, 2.24) is 0 Å². The highest BCUT2D eigenvalue weighted by molar-refractivity contribution is 5.69. The van der Waals surface area contributed by atoms with E-state index in [2.05, 4.69) is 20.8 Å². The molecular weight excluding hydrogens is 376 g/mol. The van der Waals surface area contributed by atoms with Gasteiger partial charge in [-0.25, -0.2) is 0 Å². The second kappa shape index (κ2) is 8.39. The maximum absolute atomic E-state index is 11.9. The fraction of sp³-hybridized carbons (Fsp3) is 0.962. The van der Waals surface area contributed by atoms with Crippen molar-refractivity contribution in [2.45, 2.75) is 104 Å². The van der Waals surface area contributed by atoms with Gasteiger partial charge >= 0.3 is 5.97 Å². The molecule has 4 unspecified atom stereocenters. The van der Waals surface area contributed by atoms with Crippen molar-refractivity contribution in [3.63, 3.8) is 0 Å². The van der Waals surface area contributed by atoms with Gasteiger partial charge in [-0.15, -0.1) is 0 Å². The van der Waals surface area contributed by atoms with Crippen LogP contribution in [0, 0.1) is 46.3 Å². The Labute approximate surface area is 183 Å². The number of esters is 1. The van der Waals surface area contributed by atoms with Gasteiger partial charge in [-0.1, -0.05) is 20.8 Å². The van der Waals surface area contributed by atoms with Crippen LogP contribution in [0.25, 0.3) is 0 Å². The van der Waals surface area contributed by atoms with Crippen LogP contribution in [0.2, 0.25) is 0 Å². The first-order valence-corrected chi connectivity index (χ1v) is 12.7. The Balaban J connectivity index is 1.50. The summed E-state index contributed by atoms with van der Waals surface area (Å²) in [6, 6.07) is 0. The fourth-order valence-corrected chi connectivity index (χ4v) is 8.94. The first-order valence-electron chi connectivity index (χ1n) is 12.7. The minimum Gasteiger partial charge on any atom is -0.466 e. The molecule has 4 heteroatoms. The summed E-state index contributed by atoms with van der Waals surface area (Å²) in [6.07, 6.45) is 9.88. The molecule has 0 spiro atoms. The lowest BCUT2D eigenvalue weighted by molar-refractivity contribution is -0.175. The average molecular weight is 421 g/mol. The predicted octanol–water partition coefficient (Wildman–Crippen LogP) is 4.96. The Kier molecular flexibility index (Phi) is 6.31. The Bertz CT molecular complexity index is 635. The molecule has 0 bridgehead atoms. The number of carbonyl (C=O) groups is 1. The molecule has 0 aliphatic heterocycles. The highest BCUT2D eigenvalue weighted by Crippen LogP contribution is 2.68. The van der Waals surface area contributed by atoms with Crippen LogP contribution < -0.4 is 0 Å². The van der Waals surface area contributed by atoms with E-state index in [9.17, 15) is 15.0 Å². The number of aliphatic hydroxyl groups excluding tert-OH is 2. The lowest BCUT2D eigenvalue weighted by Gasteiger charge is -2.62. The van der Waals surface area contributed by atoms with Crippen molar-refractivity contribution in [3.05, 3.63) is 0 Å². The Morgan fingerprint density at radius 2 is 1.83 bits per heavy atom. The molecule has 4 nitrogen and oxygen atoms in total. The number of fused-ring (bicyclic) bond motifs is 5. The first-order chi connectivity index (χ1) is 14.2. The van der Waals surface area contributed by atoms with E-state index in [1.54, 1.807) is 0 Å². The zero-order valence-electron chi connectivity index (χ0n) is 19.6. The summed E-state index contributed by atoms with van der Waals surface area (Å²) in [5.74, 6) is 3.39. The molecule has 0 aromatic carbocycles. The first kappa shape index (κ1) is 22.6. The monoisotopic (exact) mass is 420 g/mol. The molecule has 0 heterocycles. The largest absolute Gasteiger partial charge is 0.466 e. The molecule has 10 atom stereocenters. The van der Waals surface area contributed by atoms with Gasteiger partial charge in [0.05, 0.1) is 18.8 Å². The van der Waals surface area contributed by atoms with E-state index in [0.29, 0.717) is 42.6 Å². The van der Waals surface area contributed by atoms with E-state index in [-0.39, 0.29) is 29.0 Å². The van der Waals surface area contributed by atoms with Crippen molar-refractivity contribution >= 4 is 5.97 Å². The summed E-state index contributed by atoms with van der Waals surface area (Å²) in [6.45, 7) is 9.45. The van der Waals surface area contributed by atoms with Gasteiger partial charge in [-0.05, 0) is 111 Å². The molecule has 4 saturated carbocycles. The summed E-state index contributed by atoms with van der Waals surface area (Å²) in [4.78, 5) is 11.9. The standard InChI is InChI=1S/C26H44O4/c1-5-30-24(29)11-6-16(2)20-9-10-21-19-8-7-17-14-18(27)12-13-25(17,3)22(19)15-23(28)26(20,21)4/h16-23,27-28H,5-15H2,1-4H3/t16-,17?,18-,19?,20-,21?,22?,23+,25+,26-/m1/s1. The van der Waals surface area contributed by atoms with E-state index in [4.69, 9.17) is 4.74 Å². The molecule has 0 amide bonds. The smallest absolute Gasteiger partial charge is 0.305 e. The van der Waals surface area contributed by atoms with Gasteiger partial charge in [0.1, 0.15) is 0 Å². The highest BCUT2D eigenvalue weighted by atomic mass is 16.5. The fourth-order valence-electron chi connectivity index (χ4n) is 8.94. The second-order valence-corrected chi connectivity index (χ2v) is 11.7. The summed E-state index contributed by atoms with van der Waals surface area (Å²) >= 11 is 0. The number of rotatable bonds is 5. The summed E-state index contributed by atoms with van der Waals surface area (Å²) < 4.78 is 5.14. The zero-order chi connectivity index (χ0) is 21.7. The summed E-state index contributed by atoms with van der Waals surface area (Å²) in [5.41, 5.74) is 0.269. The molecule has 0 aromatic rings. The normalized spacial score (nSPS) is 48.9. The molecule has 4 rings (SSSR count). The van der Waals surface area contributed by atoms with Gasteiger partial charge in [0.15, 0.2) is 0 Å². The molecule has 4 aliphatic carbocycles. The molecule has 172 valence electrons. The molecule has 0 aromatic heterocycles. The van der Waals surface area contributed by atoms with Crippen molar-refractivity contribution in [3.8, 4) is 0 Å². The van der Waals surface area contributed by atoms with Crippen LogP contribution in [0.4, 0.5) is 0 Å². The maximum atomic E-state index is 11.9. The van der Waals surface area contributed by atoms with Crippen LogP contribution in [-0.4, -0.2) is 35.0 Å². The van der Waals surface area contributed by atoms with E-state index in [1.165, 1.54) is 25.7 Å². The van der Waals surface area contributed by atoms with E-state index in [1.807, 2.05) is 6.92 Å². The number of ether oxygens (including phenoxy) is 1. The van der Waals surface area contributed by atoms with Gasteiger partial charge in [0.2, 0.25) is 0 Å². The Morgan fingerprint density at radius 1 is 1.07 bits per heavy atom. The molecule has 30 heavy (non-hydrogen) atoms. The van der Waals surface area contributed by atoms with E-state index < -0.39 is 0 Å². The second-order valence-electron chi connectivity index (χ2n) is 11.7. The molecular formula is C26H44O4.